The molecule has 0 radical (unpaired) electrons. The lowest BCUT2D eigenvalue weighted by Gasteiger charge is -2.15. The third-order valence-electron chi connectivity index (χ3n) is 4.05. The Balaban J connectivity index is 1.79. The Morgan fingerprint density at radius 1 is 1.07 bits per heavy atom. The Bertz CT molecular complexity index is 990. The Morgan fingerprint density at radius 3 is 2.50 bits per heavy atom. The standard InChI is InChI=1S/C20H19FN2O4S/c1-25-16-9-8-14(17(26-2)18(16)27-3)19(24)23-20-22-11-13(28-20)10-12-6-4-5-7-15(12)21/h4-9,11H,10H2,1-3H3,(H,22,23,24). The van der Waals surface area contributed by atoms with Gasteiger partial charge in [0.25, 0.3) is 5.91 Å². The highest BCUT2D eigenvalue weighted by Crippen LogP contribution is 2.40. The Labute approximate surface area is 165 Å². The molecule has 3 aromatic rings. The van der Waals surface area contributed by atoms with Crippen molar-refractivity contribution in [2.24, 2.45) is 0 Å². The highest BCUT2D eigenvalue weighted by molar-refractivity contribution is 7.15. The SMILES string of the molecule is COc1ccc(C(=O)Nc2ncc(Cc3ccccc3F)s2)c(OC)c1OC. The van der Waals surface area contributed by atoms with Gasteiger partial charge in [-0.2, -0.15) is 0 Å². The zero-order valence-electron chi connectivity index (χ0n) is 15.6. The normalized spacial score (nSPS) is 10.4. The topological polar surface area (TPSA) is 69.7 Å². The number of rotatable bonds is 7. The van der Waals surface area contributed by atoms with E-state index in [0.717, 1.165) is 4.88 Å². The Kier molecular flexibility index (Phi) is 6.10. The molecule has 0 spiro atoms. The number of thiazole rings is 1. The van der Waals surface area contributed by atoms with Crippen LogP contribution >= 0.6 is 11.3 Å². The quantitative estimate of drug-likeness (QED) is 0.643. The smallest absolute Gasteiger partial charge is 0.261 e. The monoisotopic (exact) mass is 402 g/mol. The minimum absolute atomic E-state index is 0.266. The summed E-state index contributed by atoms with van der Waals surface area (Å²) in [6.07, 6.45) is 2.03. The van der Waals surface area contributed by atoms with Gasteiger partial charge >= 0.3 is 0 Å². The third kappa shape index (κ3) is 4.07. The van der Waals surface area contributed by atoms with Crippen molar-refractivity contribution in [2.45, 2.75) is 6.42 Å². The van der Waals surface area contributed by atoms with Crippen LogP contribution in [-0.4, -0.2) is 32.2 Å². The number of nitrogens with zero attached hydrogens (tertiary/aromatic N) is 1. The fraction of sp³-hybridized carbons (Fsp3) is 0.200. The van der Waals surface area contributed by atoms with Gasteiger partial charge in [0, 0.05) is 17.5 Å². The van der Waals surface area contributed by atoms with Gasteiger partial charge in [-0.3, -0.25) is 10.1 Å². The number of nitrogens with one attached hydrogen (secondary N) is 1. The largest absolute Gasteiger partial charge is 0.493 e. The molecule has 0 fully saturated rings. The van der Waals surface area contributed by atoms with E-state index in [1.807, 2.05) is 0 Å². The van der Waals surface area contributed by atoms with Crippen molar-refractivity contribution in [3.63, 3.8) is 0 Å². The van der Waals surface area contributed by atoms with E-state index < -0.39 is 5.91 Å². The van der Waals surface area contributed by atoms with Crippen LogP contribution in [0.25, 0.3) is 0 Å². The fourth-order valence-electron chi connectivity index (χ4n) is 2.72. The molecule has 6 nitrogen and oxygen atoms in total. The molecule has 1 amide bonds. The second kappa shape index (κ2) is 8.71. The van der Waals surface area contributed by atoms with Gasteiger partial charge in [-0.1, -0.05) is 18.2 Å². The number of carbonyl (C=O) groups excluding carboxylic acids is 1. The lowest BCUT2D eigenvalue weighted by atomic mass is 10.1. The number of benzene rings is 2. The van der Waals surface area contributed by atoms with Gasteiger partial charge in [0.15, 0.2) is 16.6 Å². The van der Waals surface area contributed by atoms with E-state index in [9.17, 15) is 9.18 Å². The lowest BCUT2D eigenvalue weighted by molar-refractivity contribution is 0.102. The fourth-order valence-corrected chi connectivity index (χ4v) is 3.55. The van der Waals surface area contributed by atoms with E-state index in [2.05, 4.69) is 10.3 Å². The second-order valence-corrected chi connectivity index (χ2v) is 6.85. The maximum absolute atomic E-state index is 13.8. The molecule has 0 bridgehead atoms. The highest BCUT2D eigenvalue weighted by atomic mass is 32.1. The van der Waals surface area contributed by atoms with Crippen molar-refractivity contribution in [1.82, 2.24) is 4.98 Å². The first-order chi connectivity index (χ1) is 13.6. The van der Waals surface area contributed by atoms with Gasteiger partial charge in [-0.25, -0.2) is 9.37 Å². The summed E-state index contributed by atoms with van der Waals surface area (Å²) in [7, 11) is 4.42. The van der Waals surface area contributed by atoms with Gasteiger partial charge in [0.2, 0.25) is 5.75 Å². The molecule has 0 aliphatic rings. The number of aromatic nitrogens is 1. The first kappa shape index (κ1) is 19.6. The molecule has 0 saturated carbocycles. The number of amides is 1. The van der Waals surface area contributed by atoms with Crippen LogP contribution in [0.5, 0.6) is 17.2 Å². The molecule has 3 rings (SSSR count). The molecule has 1 heterocycles. The van der Waals surface area contributed by atoms with Crippen molar-refractivity contribution in [3.05, 3.63) is 64.4 Å². The third-order valence-corrected chi connectivity index (χ3v) is 4.96. The minimum atomic E-state index is -0.399. The van der Waals surface area contributed by atoms with E-state index in [1.165, 1.54) is 38.7 Å². The average Bonchev–Trinajstić information content (AvgIpc) is 3.15. The average molecular weight is 402 g/mol. The van der Waals surface area contributed by atoms with E-state index >= 15 is 0 Å². The molecule has 0 aliphatic heterocycles. The van der Waals surface area contributed by atoms with Crippen LogP contribution in [0, 0.1) is 5.82 Å². The molecule has 0 unspecified atom stereocenters. The molecule has 28 heavy (non-hydrogen) atoms. The lowest BCUT2D eigenvalue weighted by Crippen LogP contribution is -2.13. The molecule has 0 aliphatic carbocycles. The van der Waals surface area contributed by atoms with Crippen molar-refractivity contribution in [3.8, 4) is 17.2 Å². The molecule has 0 atom stereocenters. The second-order valence-electron chi connectivity index (χ2n) is 5.74. The van der Waals surface area contributed by atoms with E-state index in [-0.39, 0.29) is 17.1 Å². The molecular formula is C20H19FN2O4S. The molecular weight excluding hydrogens is 383 g/mol. The van der Waals surface area contributed by atoms with E-state index in [4.69, 9.17) is 14.2 Å². The van der Waals surface area contributed by atoms with E-state index in [0.29, 0.717) is 28.6 Å². The number of carbonyl (C=O) groups is 1. The number of ether oxygens (including phenoxy) is 3. The summed E-state index contributed by atoms with van der Waals surface area (Å²) in [5.41, 5.74) is 0.858. The van der Waals surface area contributed by atoms with Crippen LogP contribution < -0.4 is 19.5 Å². The summed E-state index contributed by atoms with van der Waals surface area (Å²) in [5.74, 6) is 0.387. The predicted molar refractivity (Wildman–Crippen MR) is 105 cm³/mol. The van der Waals surface area contributed by atoms with Crippen molar-refractivity contribution < 1.29 is 23.4 Å². The molecule has 8 heteroatoms. The van der Waals surface area contributed by atoms with Gasteiger partial charge in [-0.15, -0.1) is 11.3 Å². The summed E-state index contributed by atoms with van der Waals surface area (Å²) in [6.45, 7) is 0. The van der Waals surface area contributed by atoms with Crippen molar-refractivity contribution in [2.75, 3.05) is 26.6 Å². The Hall–Kier alpha value is -3.13. The molecule has 0 saturated heterocycles. The number of hydrogen-bond donors (Lipinski definition) is 1. The summed E-state index contributed by atoms with van der Waals surface area (Å²) in [5, 5.41) is 3.15. The minimum Gasteiger partial charge on any atom is -0.493 e. The maximum Gasteiger partial charge on any atom is 0.261 e. The van der Waals surface area contributed by atoms with Crippen molar-refractivity contribution >= 4 is 22.4 Å². The van der Waals surface area contributed by atoms with Crippen LogP contribution in [0.2, 0.25) is 0 Å². The van der Waals surface area contributed by atoms with Gasteiger partial charge in [0.05, 0.1) is 26.9 Å². The number of halogens is 1. The van der Waals surface area contributed by atoms with E-state index in [1.54, 1.807) is 36.5 Å². The van der Waals surface area contributed by atoms with Crippen LogP contribution in [0.4, 0.5) is 9.52 Å². The van der Waals surface area contributed by atoms with Gasteiger partial charge in [0.1, 0.15) is 5.82 Å². The zero-order chi connectivity index (χ0) is 20.1. The summed E-state index contributed by atoms with van der Waals surface area (Å²) in [6, 6.07) is 9.79. The van der Waals surface area contributed by atoms with Crippen LogP contribution in [0.3, 0.4) is 0 Å². The van der Waals surface area contributed by atoms with Crippen LogP contribution in [-0.2, 0) is 6.42 Å². The van der Waals surface area contributed by atoms with Crippen molar-refractivity contribution in [1.29, 1.82) is 0 Å². The molecule has 1 aromatic heterocycles. The first-order valence-corrected chi connectivity index (χ1v) is 9.17. The number of anilines is 1. The Morgan fingerprint density at radius 2 is 1.82 bits per heavy atom. The summed E-state index contributed by atoms with van der Waals surface area (Å²) < 4.78 is 29.7. The summed E-state index contributed by atoms with van der Waals surface area (Å²) in [4.78, 5) is 17.7. The summed E-state index contributed by atoms with van der Waals surface area (Å²) >= 11 is 1.28. The van der Waals surface area contributed by atoms with Gasteiger partial charge < -0.3 is 14.2 Å². The number of hydrogen-bond acceptors (Lipinski definition) is 6. The predicted octanol–water partition coefficient (Wildman–Crippen LogP) is 4.15. The van der Waals surface area contributed by atoms with Crippen LogP contribution in [0.15, 0.2) is 42.6 Å². The van der Waals surface area contributed by atoms with Gasteiger partial charge in [-0.05, 0) is 23.8 Å². The zero-order valence-corrected chi connectivity index (χ0v) is 16.4. The maximum atomic E-state index is 13.8. The number of methoxy groups -OCH3 is 3. The molecule has 2 aromatic carbocycles. The first-order valence-electron chi connectivity index (χ1n) is 8.35. The van der Waals surface area contributed by atoms with Crippen LogP contribution in [0.1, 0.15) is 20.8 Å². The molecule has 146 valence electrons. The molecule has 1 N–H and O–H groups in total. The highest BCUT2D eigenvalue weighted by Gasteiger charge is 2.21.